The van der Waals surface area contributed by atoms with Gasteiger partial charge in [-0.15, -0.1) is 0 Å². The van der Waals surface area contributed by atoms with Crippen molar-refractivity contribution in [1.29, 1.82) is 0 Å². The first-order valence-corrected chi connectivity index (χ1v) is 18.6. The molecule has 0 saturated carbocycles. The molecule has 2 aliphatic heterocycles. The number of pyridine rings is 2. The van der Waals surface area contributed by atoms with Crippen molar-refractivity contribution in [2.75, 3.05) is 33.9 Å². The van der Waals surface area contributed by atoms with Gasteiger partial charge in [0.05, 0.1) is 35.7 Å². The van der Waals surface area contributed by atoms with Gasteiger partial charge in [0.1, 0.15) is 0 Å². The minimum atomic E-state index is 0.115. The summed E-state index contributed by atoms with van der Waals surface area (Å²) in [5, 5.41) is 7.86. The van der Waals surface area contributed by atoms with Crippen LogP contribution in [0, 0.1) is 5.92 Å². The van der Waals surface area contributed by atoms with E-state index in [1.807, 2.05) is 36.4 Å². The molecule has 4 aliphatic rings. The number of halogens is 2. The van der Waals surface area contributed by atoms with Crippen LogP contribution >= 0.6 is 23.2 Å². The van der Waals surface area contributed by atoms with Crippen LogP contribution in [0.3, 0.4) is 0 Å². The maximum absolute atomic E-state index is 11.7. The van der Waals surface area contributed by atoms with Gasteiger partial charge in [-0.3, -0.25) is 9.69 Å². The Balaban J connectivity index is 1.09. The Morgan fingerprint density at radius 2 is 1.40 bits per heavy atom. The van der Waals surface area contributed by atoms with Crippen LogP contribution in [0.2, 0.25) is 10.0 Å². The molecule has 2 aromatic carbocycles. The van der Waals surface area contributed by atoms with Crippen LogP contribution < -0.4 is 20.1 Å². The molecule has 2 aliphatic carbocycles. The molecule has 4 aromatic rings. The van der Waals surface area contributed by atoms with Crippen molar-refractivity contribution < 1.29 is 14.3 Å². The summed E-state index contributed by atoms with van der Waals surface area (Å²) in [5.74, 6) is 2.21. The molecule has 2 saturated heterocycles. The lowest BCUT2D eigenvalue weighted by molar-refractivity contribution is -0.119. The second-order valence-corrected chi connectivity index (χ2v) is 14.9. The fraction of sp³-hybridized carbons (Fsp3) is 0.425. The third-order valence-electron chi connectivity index (χ3n) is 11.2. The third kappa shape index (κ3) is 5.94. The van der Waals surface area contributed by atoms with Crippen molar-refractivity contribution in [3.8, 4) is 45.4 Å². The van der Waals surface area contributed by atoms with Gasteiger partial charge in [-0.1, -0.05) is 72.9 Å². The minimum absolute atomic E-state index is 0.115. The Labute approximate surface area is 303 Å². The van der Waals surface area contributed by atoms with Gasteiger partial charge in [0.2, 0.25) is 17.7 Å². The van der Waals surface area contributed by atoms with Crippen molar-refractivity contribution in [2.24, 2.45) is 5.92 Å². The van der Waals surface area contributed by atoms with Crippen LogP contribution in [0.1, 0.15) is 73.4 Å². The first kappa shape index (κ1) is 33.5. The van der Waals surface area contributed by atoms with E-state index in [9.17, 15) is 4.79 Å². The number of aryl methyl sites for hydroxylation is 2. The molecular weight excluding hydrogens is 669 g/mol. The van der Waals surface area contributed by atoms with Crippen LogP contribution in [-0.4, -0.2) is 60.7 Å². The molecular formula is C40H43Cl2N5O3. The first-order valence-electron chi connectivity index (χ1n) is 17.9. The normalized spacial score (nSPS) is 21.5. The van der Waals surface area contributed by atoms with Gasteiger partial charge in [-0.25, -0.2) is 9.97 Å². The average Bonchev–Trinajstić information content (AvgIpc) is 3.85. The number of carbonyl (C=O) groups excluding carboxylic acids is 1. The summed E-state index contributed by atoms with van der Waals surface area (Å²) in [6.45, 7) is 5.29. The number of amides is 1. The Morgan fingerprint density at radius 3 is 1.98 bits per heavy atom. The van der Waals surface area contributed by atoms with Crippen molar-refractivity contribution >= 4 is 29.1 Å². The summed E-state index contributed by atoms with van der Waals surface area (Å²) < 4.78 is 11.8. The number of hydrogen-bond donors (Lipinski definition) is 2. The zero-order valence-electron chi connectivity index (χ0n) is 28.8. The minimum Gasteiger partial charge on any atom is -0.481 e. The Bertz CT molecular complexity index is 1960. The van der Waals surface area contributed by atoms with Gasteiger partial charge < -0.3 is 20.1 Å². The summed E-state index contributed by atoms with van der Waals surface area (Å²) in [7, 11) is 3.38. The summed E-state index contributed by atoms with van der Waals surface area (Å²) in [6, 6.07) is 17.0. The van der Waals surface area contributed by atoms with Gasteiger partial charge in [-0.05, 0) is 61.3 Å². The second-order valence-electron chi connectivity index (χ2n) is 14.1. The van der Waals surface area contributed by atoms with Gasteiger partial charge >= 0.3 is 0 Å². The monoisotopic (exact) mass is 711 g/mol. The number of benzene rings is 2. The van der Waals surface area contributed by atoms with Crippen LogP contribution in [0.4, 0.5) is 0 Å². The molecule has 0 bridgehead atoms. The van der Waals surface area contributed by atoms with E-state index in [1.54, 1.807) is 14.2 Å². The molecule has 0 spiro atoms. The van der Waals surface area contributed by atoms with Gasteiger partial charge in [-0.2, -0.15) is 0 Å². The number of methoxy groups -OCH3 is 2. The maximum Gasteiger partial charge on any atom is 0.220 e. The summed E-state index contributed by atoms with van der Waals surface area (Å²) in [4.78, 5) is 24.3. The van der Waals surface area contributed by atoms with E-state index in [0.29, 0.717) is 34.3 Å². The lowest BCUT2D eigenvalue weighted by atomic mass is 9.93. The number of hydrogen-bond acceptors (Lipinski definition) is 7. The van der Waals surface area contributed by atoms with Crippen LogP contribution in [-0.2, 0) is 17.6 Å². The fourth-order valence-corrected chi connectivity index (χ4v) is 9.11. The van der Waals surface area contributed by atoms with Gasteiger partial charge in [0.25, 0.3) is 0 Å². The number of likely N-dealkylation sites (tertiary alicyclic amines) is 1. The van der Waals surface area contributed by atoms with Crippen molar-refractivity contribution in [2.45, 2.75) is 70.0 Å². The van der Waals surface area contributed by atoms with E-state index in [4.69, 9.17) is 42.6 Å². The standard InChI is InChI=1S/C40H43Cl2N5O3/c1-4-22-20-47(21-22)33-15-12-24-18-32(46-40(50-3)36(24)33)29-10-6-8-27(38(29)42)26-7-5-9-28(37(26)41)31-17-23-11-14-30(35(23)39(45-31)49-2)43-19-25-13-16-34(48)44-25/h5-10,17-18,22,25,30,33,43H,4,11-16,19-21H2,1-3H3,(H,44,48)/t25-,30?,33?/m0/s1. The average molecular weight is 713 g/mol. The Morgan fingerprint density at radius 1 is 0.820 bits per heavy atom. The SMILES string of the molecule is CCC1CN(C2CCc3cc(-c4cccc(-c5cccc(-c6cc7c(c(OC)n6)C(NC[C@@H]6CCC(=O)N6)CC7)c5Cl)c4Cl)nc(OC)c32)C1. The highest BCUT2D eigenvalue weighted by molar-refractivity contribution is 6.39. The van der Waals surface area contributed by atoms with Crippen LogP contribution in [0.5, 0.6) is 11.8 Å². The van der Waals surface area contributed by atoms with E-state index < -0.39 is 0 Å². The van der Waals surface area contributed by atoms with Crippen molar-refractivity contribution in [1.82, 2.24) is 25.5 Å². The fourth-order valence-electron chi connectivity index (χ4n) is 8.46. The molecule has 10 heteroatoms. The molecule has 8 nitrogen and oxygen atoms in total. The number of fused-ring (bicyclic) bond motifs is 2. The number of nitrogens with one attached hydrogen (secondary N) is 2. The molecule has 4 heterocycles. The number of nitrogens with zero attached hydrogens (tertiary/aromatic N) is 3. The number of aromatic nitrogens is 2. The molecule has 2 N–H and O–H groups in total. The molecule has 0 radical (unpaired) electrons. The molecule has 8 rings (SSSR count). The highest BCUT2D eigenvalue weighted by atomic mass is 35.5. The van der Waals surface area contributed by atoms with Crippen molar-refractivity contribution in [3.63, 3.8) is 0 Å². The second kappa shape index (κ2) is 13.8. The molecule has 2 aromatic heterocycles. The maximum atomic E-state index is 11.7. The predicted octanol–water partition coefficient (Wildman–Crippen LogP) is 7.99. The van der Waals surface area contributed by atoms with E-state index in [1.165, 1.54) is 23.1 Å². The summed E-state index contributed by atoms with van der Waals surface area (Å²) >= 11 is 14.5. The summed E-state index contributed by atoms with van der Waals surface area (Å²) in [6.07, 6.45) is 6.60. The molecule has 260 valence electrons. The first-order chi connectivity index (χ1) is 24.4. The van der Waals surface area contributed by atoms with Crippen LogP contribution in [0.15, 0.2) is 48.5 Å². The number of carbonyl (C=O) groups is 1. The van der Waals surface area contributed by atoms with Gasteiger partial charge in [0, 0.05) is 77.6 Å². The lowest BCUT2D eigenvalue weighted by Gasteiger charge is -2.43. The van der Waals surface area contributed by atoms with Crippen LogP contribution in [0.25, 0.3) is 33.6 Å². The zero-order chi connectivity index (χ0) is 34.5. The molecule has 2 unspecified atom stereocenters. The zero-order valence-corrected chi connectivity index (χ0v) is 30.3. The molecule has 1 amide bonds. The van der Waals surface area contributed by atoms with E-state index >= 15 is 0 Å². The molecule has 3 atom stereocenters. The number of ether oxygens (including phenoxy) is 2. The lowest BCUT2D eigenvalue weighted by Crippen LogP contribution is -2.47. The largest absolute Gasteiger partial charge is 0.481 e. The highest BCUT2D eigenvalue weighted by Crippen LogP contribution is 2.48. The topological polar surface area (TPSA) is 88.6 Å². The van der Waals surface area contributed by atoms with E-state index in [0.717, 1.165) is 96.9 Å². The number of rotatable bonds is 10. The third-order valence-corrected chi connectivity index (χ3v) is 12.0. The molecule has 2 fully saturated rings. The summed E-state index contributed by atoms with van der Waals surface area (Å²) in [5.41, 5.74) is 9.68. The Hall–Kier alpha value is -3.69. The predicted molar refractivity (Wildman–Crippen MR) is 198 cm³/mol. The highest BCUT2D eigenvalue weighted by Gasteiger charge is 2.38. The Kier molecular flexibility index (Phi) is 9.23. The quantitative estimate of drug-likeness (QED) is 0.172. The molecule has 50 heavy (non-hydrogen) atoms. The van der Waals surface area contributed by atoms with Crippen molar-refractivity contribution in [3.05, 3.63) is 80.8 Å². The van der Waals surface area contributed by atoms with E-state index in [-0.39, 0.29) is 18.0 Å². The van der Waals surface area contributed by atoms with E-state index in [2.05, 4.69) is 34.6 Å². The van der Waals surface area contributed by atoms with Gasteiger partial charge in [0.15, 0.2) is 0 Å². The smallest absolute Gasteiger partial charge is 0.220 e.